The molecule has 0 saturated heterocycles. The highest BCUT2D eigenvalue weighted by Gasteiger charge is 2.20. The number of hydrogen-bond acceptors (Lipinski definition) is 5. The molecule has 0 rings (SSSR count). The third kappa shape index (κ3) is 59.8. The van der Waals surface area contributed by atoms with E-state index in [9.17, 15) is 19.8 Å². The summed E-state index contributed by atoms with van der Waals surface area (Å²) in [6, 6.07) is -0.554. The Morgan fingerprint density at radius 3 is 0.959 bits per heavy atom. The van der Waals surface area contributed by atoms with Crippen LogP contribution in [0.25, 0.3) is 0 Å². The minimum absolute atomic E-state index is 0.00209. The summed E-state index contributed by atoms with van der Waals surface area (Å²) in [6.07, 6.45) is 78.1. The van der Waals surface area contributed by atoms with E-state index < -0.39 is 12.1 Å². The minimum Gasteiger partial charge on any atom is -0.466 e. The lowest BCUT2D eigenvalue weighted by Gasteiger charge is -2.22. The third-order valence-corrected chi connectivity index (χ3v) is 16.1. The van der Waals surface area contributed by atoms with Crippen LogP contribution in [0.4, 0.5) is 0 Å². The Morgan fingerprint density at radius 2 is 0.635 bits per heavy atom. The van der Waals surface area contributed by atoms with Crippen LogP contribution in [0.1, 0.15) is 386 Å². The van der Waals surface area contributed by atoms with Gasteiger partial charge < -0.3 is 20.3 Å². The summed E-state index contributed by atoms with van der Waals surface area (Å²) < 4.78 is 5.49. The van der Waals surface area contributed by atoms with Gasteiger partial charge in [-0.25, -0.2) is 0 Å². The van der Waals surface area contributed by atoms with Crippen LogP contribution < -0.4 is 5.32 Å². The van der Waals surface area contributed by atoms with Crippen molar-refractivity contribution in [1.29, 1.82) is 0 Å². The fourth-order valence-electron chi connectivity index (χ4n) is 10.9. The molecule has 74 heavy (non-hydrogen) atoms. The lowest BCUT2D eigenvalue weighted by molar-refractivity contribution is -0.143. The van der Waals surface area contributed by atoms with Crippen molar-refractivity contribution in [2.45, 2.75) is 398 Å². The van der Waals surface area contributed by atoms with E-state index >= 15 is 0 Å². The summed E-state index contributed by atoms with van der Waals surface area (Å²) >= 11 is 0. The van der Waals surface area contributed by atoms with Gasteiger partial charge in [-0.05, 0) is 51.4 Å². The molecule has 3 N–H and O–H groups in total. The van der Waals surface area contributed by atoms with E-state index in [0.717, 1.165) is 64.2 Å². The molecule has 2 atom stereocenters. The van der Waals surface area contributed by atoms with Crippen LogP contribution in [0.5, 0.6) is 0 Å². The fraction of sp³-hybridized carbons (Fsp3) is 0.941. The highest BCUT2D eigenvalue weighted by Crippen LogP contribution is 2.19. The normalized spacial score (nSPS) is 12.5. The van der Waals surface area contributed by atoms with Gasteiger partial charge in [0, 0.05) is 12.8 Å². The molecule has 0 aromatic heterocycles. The van der Waals surface area contributed by atoms with Crippen LogP contribution in [0.3, 0.4) is 0 Å². The smallest absolute Gasteiger partial charge is 0.305 e. The number of ether oxygens (including phenoxy) is 1. The molecule has 0 fully saturated rings. The molecule has 0 radical (unpaired) electrons. The lowest BCUT2D eigenvalue weighted by atomic mass is 10.0. The Morgan fingerprint density at radius 1 is 0.365 bits per heavy atom. The standard InChI is InChI=1S/C68H133NO5/c1-3-5-7-9-11-13-15-17-19-21-22-23-24-25-26-27-28-29-32-36-40-44-48-52-56-60-66(71)65(64-70)69-67(72)61-57-53-49-45-41-37-33-30-31-35-39-43-47-51-55-59-63-74-68(73)62-58-54-50-46-42-38-34-20-18-16-14-12-10-8-6-4-2/h30,33,65-66,70-71H,3-29,31-32,34-64H2,1-2H3,(H,69,72)/b33-30-. The maximum absolute atomic E-state index is 12.5. The predicted molar refractivity (Wildman–Crippen MR) is 324 cm³/mol. The average Bonchev–Trinajstić information content (AvgIpc) is 3.40. The largest absolute Gasteiger partial charge is 0.466 e. The molecule has 2 unspecified atom stereocenters. The summed E-state index contributed by atoms with van der Waals surface area (Å²) in [7, 11) is 0. The number of carbonyl (C=O) groups is 2. The first-order chi connectivity index (χ1) is 36.5. The topological polar surface area (TPSA) is 95.9 Å². The zero-order chi connectivity index (χ0) is 53.6. The maximum Gasteiger partial charge on any atom is 0.305 e. The van der Waals surface area contributed by atoms with Crippen molar-refractivity contribution < 1.29 is 24.5 Å². The molecular formula is C68H133NO5. The molecule has 0 aliphatic heterocycles. The monoisotopic (exact) mass is 1040 g/mol. The highest BCUT2D eigenvalue weighted by molar-refractivity contribution is 5.76. The van der Waals surface area contributed by atoms with Gasteiger partial charge in [-0.3, -0.25) is 9.59 Å². The molecule has 0 aromatic carbocycles. The Bertz CT molecular complexity index is 1110. The van der Waals surface area contributed by atoms with Crippen molar-refractivity contribution in [2.75, 3.05) is 13.2 Å². The zero-order valence-electron chi connectivity index (χ0n) is 50.4. The minimum atomic E-state index is -0.676. The van der Waals surface area contributed by atoms with Crippen molar-refractivity contribution >= 4 is 11.9 Å². The van der Waals surface area contributed by atoms with Crippen LogP contribution in [0, 0.1) is 0 Å². The second kappa shape index (κ2) is 64.1. The lowest BCUT2D eigenvalue weighted by Crippen LogP contribution is -2.45. The number of nitrogens with one attached hydrogen (secondary N) is 1. The number of esters is 1. The Kier molecular flexibility index (Phi) is 62.9. The first-order valence-electron chi connectivity index (χ1n) is 33.9. The van der Waals surface area contributed by atoms with Gasteiger partial charge in [-0.15, -0.1) is 0 Å². The molecule has 0 spiro atoms. The first kappa shape index (κ1) is 72.6. The molecule has 0 aromatic rings. The molecule has 6 nitrogen and oxygen atoms in total. The SMILES string of the molecule is CCCCCCCCCCCCCCCCCCCCCCCCCCCC(O)C(CO)NC(=O)CCCCCCC/C=C\CCCCCCCCCOC(=O)CCCCCCCCCCCCCCCCCC. The first-order valence-corrected chi connectivity index (χ1v) is 33.9. The summed E-state index contributed by atoms with van der Waals surface area (Å²) in [5.74, 6) is -0.0448. The quantitative estimate of drug-likeness (QED) is 0.0320. The van der Waals surface area contributed by atoms with Crippen molar-refractivity contribution in [3.63, 3.8) is 0 Å². The Hall–Kier alpha value is -1.40. The van der Waals surface area contributed by atoms with Gasteiger partial charge >= 0.3 is 5.97 Å². The van der Waals surface area contributed by atoms with Gasteiger partial charge in [0.15, 0.2) is 0 Å². The molecule has 0 bridgehead atoms. The second-order valence-electron chi connectivity index (χ2n) is 23.5. The number of carbonyl (C=O) groups excluding carboxylic acids is 2. The number of aliphatic hydroxyl groups is 2. The molecular weight excluding hydrogens is 911 g/mol. The number of rotatable bonds is 64. The van der Waals surface area contributed by atoms with Crippen molar-refractivity contribution in [3.8, 4) is 0 Å². The average molecular weight is 1040 g/mol. The van der Waals surface area contributed by atoms with Crippen LogP contribution in [0.2, 0.25) is 0 Å². The van der Waals surface area contributed by atoms with Crippen molar-refractivity contribution in [1.82, 2.24) is 5.32 Å². The van der Waals surface area contributed by atoms with Gasteiger partial charge in [0.2, 0.25) is 5.91 Å². The molecule has 0 saturated carbocycles. The van der Waals surface area contributed by atoms with E-state index in [4.69, 9.17) is 4.74 Å². The highest BCUT2D eigenvalue weighted by atomic mass is 16.5. The van der Waals surface area contributed by atoms with E-state index in [0.29, 0.717) is 25.9 Å². The molecule has 440 valence electrons. The number of allylic oxidation sites excluding steroid dienone is 2. The van der Waals surface area contributed by atoms with E-state index in [2.05, 4.69) is 31.3 Å². The summed E-state index contributed by atoms with van der Waals surface area (Å²) in [5, 5.41) is 23.4. The third-order valence-electron chi connectivity index (χ3n) is 16.1. The predicted octanol–water partition coefficient (Wildman–Crippen LogP) is 21.6. The number of hydrogen-bond donors (Lipinski definition) is 3. The molecule has 0 aliphatic carbocycles. The van der Waals surface area contributed by atoms with Gasteiger partial charge in [-0.1, -0.05) is 334 Å². The Balaban J connectivity index is 3.43. The fourth-order valence-corrected chi connectivity index (χ4v) is 10.9. The van der Waals surface area contributed by atoms with E-state index in [1.807, 2.05) is 0 Å². The summed E-state index contributed by atoms with van der Waals surface area (Å²) in [4.78, 5) is 24.6. The van der Waals surface area contributed by atoms with Gasteiger partial charge in [0.05, 0.1) is 25.4 Å². The van der Waals surface area contributed by atoms with E-state index in [-0.39, 0.29) is 18.5 Å². The van der Waals surface area contributed by atoms with Gasteiger partial charge in [-0.2, -0.15) is 0 Å². The van der Waals surface area contributed by atoms with Crippen LogP contribution in [-0.2, 0) is 14.3 Å². The van der Waals surface area contributed by atoms with Crippen LogP contribution >= 0.6 is 0 Å². The van der Waals surface area contributed by atoms with Gasteiger partial charge in [0.1, 0.15) is 0 Å². The molecule has 0 heterocycles. The molecule has 6 heteroatoms. The number of amides is 1. The van der Waals surface area contributed by atoms with E-state index in [1.165, 1.54) is 289 Å². The van der Waals surface area contributed by atoms with E-state index in [1.54, 1.807) is 0 Å². The van der Waals surface area contributed by atoms with Gasteiger partial charge in [0.25, 0.3) is 0 Å². The number of aliphatic hydroxyl groups excluding tert-OH is 2. The van der Waals surface area contributed by atoms with Crippen LogP contribution in [0.15, 0.2) is 12.2 Å². The number of unbranched alkanes of at least 4 members (excludes halogenated alkanes) is 51. The van der Waals surface area contributed by atoms with Crippen molar-refractivity contribution in [3.05, 3.63) is 12.2 Å². The second-order valence-corrected chi connectivity index (χ2v) is 23.5. The summed E-state index contributed by atoms with van der Waals surface area (Å²) in [6.45, 7) is 4.97. The summed E-state index contributed by atoms with van der Waals surface area (Å²) in [5.41, 5.74) is 0. The molecule has 1 amide bonds. The van der Waals surface area contributed by atoms with Crippen LogP contribution in [-0.4, -0.2) is 47.4 Å². The Labute approximate surface area is 463 Å². The zero-order valence-corrected chi connectivity index (χ0v) is 50.4. The molecule has 0 aliphatic rings. The van der Waals surface area contributed by atoms with Crippen molar-refractivity contribution in [2.24, 2.45) is 0 Å². The maximum atomic E-state index is 12.5.